The monoisotopic (exact) mass is 261 g/mol. The van der Waals surface area contributed by atoms with Gasteiger partial charge in [-0.15, -0.1) is 12.4 Å². The summed E-state index contributed by atoms with van der Waals surface area (Å²) in [7, 11) is 0. The molecule has 2 aromatic rings. The Bertz CT molecular complexity index is 448. The minimum atomic E-state index is 0. The van der Waals surface area contributed by atoms with Gasteiger partial charge in [-0.25, -0.2) is 0 Å². The van der Waals surface area contributed by atoms with Gasteiger partial charge in [-0.05, 0) is 25.0 Å². The summed E-state index contributed by atoms with van der Waals surface area (Å²) in [5.74, 6) is 0. The lowest BCUT2D eigenvalue weighted by Crippen LogP contribution is -2.12. The number of halogens is 1. The molecule has 0 heterocycles. The Balaban J connectivity index is 0.00000162. The summed E-state index contributed by atoms with van der Waals surface area (Å²) < 4.78 is 0. The van der Waals surface area contributed by atoms with Crippen molar-refractivity contribution in [2.75, 3.05) is 0 Å². The molecular weight excluding hydrogens is 242 g/mol. The van der Waals surface area contributed by atoms with Gasteiger partial charge >= 0.3 is 0 Å². The Kier molecular flexibility index (Phi) is 5.90. The lowest BCUT2D eigenvalue weighted by molar-refractivity contribution is 0.692. The van der Waals surface area contributed by atoms with Crippen LogP contribution in [0.2, 0.25) is 0 Å². The highest BCUT2D eigenvalue weighted by atomic mass is 35.5. The molecule has 0 saturated heterocycles. The average Bonchev–Trinajstić information content (AvgIpc) is 2.29. The molecule has 0 bridgehead atoms. The molecule has 1 N–H and O–H groups in total. The van der Waals surface area contributed by atoms with Crippen LogP contribution in [0.5, 0.6) is 0 Å². The van der Waals surface area contributed by atoms with E-state index in [0.717, 1.165) is 13.1 Å². The lowest BCUT2D eigenvalue weighted by Gasteiger charge is -2.06. The Morgan fingerprint density at radius 3 is 1.61 bits per heavy atom. The third-order valence-electron chi connectivity index (χ3n) is 2.82. The fourth-order valence-corrected chi connectivity index (χ4v) is 2.00. The van der Waals surface area contributed by atoms with Crippen molar-refractivity contribution in [3.8, 4) is 0 Å². The maximum atomic E-state index is 3.47. The van der Waals surface area contributed by atoms with E-state index < -0.39 is 0 Å². The van der Waals surface area contributed by atoms with Crippen molar-refractivity contribution >= 4 is 12.4 Å². The molecular formula is C16H20ClN. The highest BCUT2D eigenvalue weighted by Gasteiger charge is 1.95. The van der Waals surface area contributed by atoms with Gasteiger partial charge in [0.15, 0.2) is 0 Å². The van der Waals surface area contributed by atoms with E-state index in [0.29, 0.717) is 0 Å². The molecule has 0 aliphatic rings. The minimum Gasteiger partial charge on any atom is -0.309 e. The standard InChI is InChI=1S/C16H19N.ClH/c1-13-5-3-7-15(9-13)11-17-12-16-8-4-6-14(2)10-16;/h3-10,17H,11-12H2,1-2H3;1H. The maximum absolute atomic E-state index is 3.47. The number of rotatable bonds is 4. The van der Waals surface area contributed by atoms with E-state index >= 15 is 0 Å². The van der Waals surface area contributed by atoms with Crippen LogP contribution in [-0.2, 0) is 13.1 Å². The summed E-state index contributed by atoms with van der Waals surface area (Å²) in [6, 6.07) is 17.3. The van der Waals surface area contributed by atoms with Gasteiger partial charge in [0, 0.05) is 13.1 Å². The van der Waals surface area contributed by atoms with Crippen molar-refractivity contribution in [2.45, 2.75) is 26.9 Å². The predicted molar refractivity (Wildman–Crippen MR) is 80.1 cm³/mol. The zero-order chi connectivity index (χ0) is 12.1. The Hall–Kier alpha value is -1.31. The van der Waals surface area contributed by atoms with Gasteiger partial charge in [0.2, 0.25) is 0 Å². The third-order valence-corrected chi connectivity index (χ3v) is 2.82. The van der Waals surface area contributed by atoms with Crippen LogP contribution < -0.4 is 5.32 Å². The van der Waals surface area contributed by atoms with Crippen LogP contribution in [-0.4, -0.2) is 0 Å². The Morgan fingerprint density at radius 2 is 1.22 bits per heavy atom. The maximum Gasteiger partial charge on any atom is 0.0208 e. The van der Waals surface area contributed by atoms with Crippen molar-refractivity contribution in [3.05, 3.63) is 70.8 Å². The quantitative estimate of drug-likeness (QED) is 0.877. The molecule has 0 radical (unpaired) electrons. The number of nitrogens with one attached hydrogen (secondary N) is 1. The van der Waals surface area contributed by atoms with Crippen LogP contribution in [0.15, 0.2) is 48.5 Å². The lowest BCUT2D eigenvalue weighted by atomic mass is 10.1. The van der Waals surface area contributed by atoms with Crippen molar-refractivity contribution in [1.29, 1.82) is 0 Å². The van der Waals surface area contributed by atoms with Crippen LogP contribution in [0.3, 0.4) is 0 Å². The topological polar surface area (TPSA) is 12.0 Å². The first kappa shape index (κ1) is 14.7. The zero-order valence-electron chi connectivity index (χ0n) is 10.9. The van der Waals surface area contributed by atoms with Gasteiger partial charge in [-0.3, -0.25) is 0 Å². The SMILES string of the molecule is Cc1cccc(CNCc2cccc(C)c2)c1.Cl. The van der Waals surface area contributed by atoms with E-state index in [1.165, 1.54) is 22.3 Å². The first-order valence-electron chi connectivity index (χ1n) is 6.06. The second-order valence-corrected chi connectivity index (χ2v) is 4.58. The molecule has 0 aliphatic heterocycles. The average molecular weight is 262 g/mol. The summed E-state index contributed by atoms with van der Waals surface area (Å²) in [6.07, 6.45) is 0. The zero-order valence-corrected chi connectivity index (χ0v) is 11.8. The number of aryl methyl sites for hydroxylation is 2. The van der Waals surface area contributed by atoms with Crippen LogP contribution >= 0.6 is 12.4 Å². The van der Waals surface area contributed by atoms with Gasteiger partial charge in [-0.1, -0.05) is 59.7 Å². The molecule has 2 rings (SSSR count). The molecule has 1 nitrogen and oxygen atoms in total. The molecule has 18 heavy (non-hydrogen) atoms. The summed E-state index contributed by atoms with van der Waals surface area (Å²) in [4.78, 5) is 0. The van der Waals surface area contributed by atoms with Gasteiger partial charge in [0.1, 0.15) is 0 Å². The molecule has 0 fully saturated rings. The highest BCUT2D eigenvalue weighted by Crippen LogP contribution is 2.06. The van der Waals surface area contributed by atoms with Gasteiger partial charge < -0.3 is 5.32 Å². The normalized spacial score (nSPS) is 9.89. The summed E-state index contributed by atoms with van der Waals surface area (Å²) in [5.41, 5.74) is 5.33. The minimum absolute atomic E-state index is 0. The van der Waals surface area contributed by atoms with Crippen molar-refractivity contribution in [2.24, 2.45) is 0 Å². The molecule has 0 spiro atoms. The van der Waals surface area contributed by atoms with Gasteiger partial charge in [0.25, 0.3) is 0 Å². The van der Waals surface area contributed by atoms with Gasteiger partial charge in [0.05, 0.1) is 0 Å². The molecule has 0 saturated carbocycles. The van der Waals surface area contributed by atoms with Crippen molar-refractivity contribution in [3.63, 3.8) is 0 Å². The van der Waals surface area contributed by atoms with Crippen LogP contribution in [0, 0.1) is 13.8 Å². The fourth-order valence-electron chi connectivity index (χ4n) is 2.00. The van der Waals surface area contributed by atoms with E-state index in [4.69, 9.17) is 0 Å². The van der Waals surface area contributed by atoms with E-state index in [1.807, 2.05) is 0 Å². The van der Waals surface area contributed by atoms with E-state index in [1.54, 1.807) is 0 Å². The smallest absolute Gasteiger partial charge is 0.0208 e. The Morgan fingerprint density at radius 1 is 0.778 bits per heavy atom. The second kappa shape index (κ2) is 7.20. The number of hydrogen-bond acceptors (Lipinski definition) is 1. The first-order valence-corrected chi connectivity index (χ1v) is 6.06. The van der Waals surface area contributed by atoms with E-state index in [9.17, 15) is 0 Å². The van der Waals surface area contributed by atoms with Crippen LogP contribution in [0.1, 0.15) is 22.3 Å². The first-order chi connectivity index (χ1) is 8.24. The van der Waals surface area contributed by atoms with Gasteiger partial charge in [-0.2, -0.15) is 0 Å². The predicted octanol–water partition coefficient (Wildman–Crippen LogP) is 4.02. The second-order valence-electron chi connectivity index (χ2n) is 4.58. The fraction of sp³-hybridized carbons (Fsp3) is 0.250. The van der Waals surface area contributed by atoms with Crippen molar-refractivity contribution < 1.29 is 0 Å². The molecule has 0 unspecified atom stereocenters. The summed E-state index contributed by atoms with van der Waals surface area (Å²) in [6.45, 7) is 6.11. The molecule has 0 atom stereocenters. The summed E-state index contributed by atoms with van der Waals surface area (Å²) >= 11 is 0. The molecule has 0 amide bonds. The molecule has 0 aliphatic carbocycles. The number of hydrogen-bond donors (Lipinski definition) is 1. The van der Waals surface area contributed by atoms with E-state index in [-0.39, 0.29) is 12.4 Å². The van der Waals surface area contributed by atoms with Crippen LogP contribution in [0.4, 0.5) is 0 Å². The third kappa shape index (κ3) is 4.52. The highest BCUT2D eigenvalue weighted by molar-refractivity contribution is 5.85. The molecule has 0 aromatic heterocycles. The molecule has 2 aromatic carbocycles. The molecule has 2 heteroatoms. The van der Waals surface area contributed by atoms with Crippen LogP contribution in [0.25, 0.3) is 0 Å². The Labute approximate surface area is 116 Å². The van der Waals surface area contributed by atoms with E-state index in [2.05, 4.69) is 67.7 Å². The van der Waals surface area contributed by atoms with Crippen molar-refractivity contribution in [1.82, 2.24) is 5.32 Å². The number of benzene rings is 2. The largest absolute Gasteiger partial charge is 0.309 e. The summed E-state index contributed by atoms with van der Waals surface area (Å²) in [5, 5.41) is 3.47. The molecule has 96 valence electrons.